The number of nitrogens with zero attached hydrogens (tertiary/aromatic N) is 2. The Morgan fingerprint density at radius 2 is 1.91 bits per heavy atom. The zero-order valence-corrected chi connectivity index (χ0v) is 12.1. The highest BCUT2D eigenvalue weighted by molar-refractivity contribution is 5.71. The average Bonchev–Trinajstić information content (AvgIpc) is 2.53. The van der Waals surface area contributed by atoms with Gasteiger partial charge in [-0.3, -0.25) is 10.1 Å². The molecular formula is C16H16N2O4. The van der Waals surface area contributed by atoms with Gasteiger partial charge in [0.15, 0.2) is 0 Å². The first-order chi connectivity index (χ1) is 10.6. The molecule has 0 N–H and O–H groups in total. The number of ether oxygens (including phenoxy) is 1. The van der Waals surface area contributed by atoms with Crippen molar-refractivity contribution in [3.63, 3.8) is 0 Å². The zero-order chi connectivity index (χ0) is 15.9. The molecule has 6 heteroatoms. The molecule has 0 saturated carbocycles. The molecule has 22 heavy (non-hydrogen) atoms. The predicted molar refractivity (Wildman–Crippen MR) is 81.6 cm³/mol. The summed E-state index contributed by atoms with van der Waals surface area (Å²) in [6, 6.07) is 15.1. The van der Waals surface area contributed by atoms with E-state index in [0.717, 1.165) is 5.56 Å². The second-order valence-electron chi connectivity index (χ2n) is 4.62. The Morgan fingerprint density at radius 3 is 2.55 bits per heavy atom. The normalized spacial score (nSPS) is 10.0. The first-order valence-corrected chi connectivity index (χ1v) is 6.85. The lowest BCUT2D eigenvalue weighted by Crippen LogP contribution is -2.32. The Bertz CT molecular complexity index is 658. The monoisotopic (exact) mass is 300 g/mol. The SMILES string of the molecule is CCN(Cc1ccccc1)C(=O)Oc1cccc([N+](=O)[O-])c1. The van der Waals surface area contributed by atoms with Gasteiger partial charge in [-0.2, -0.15) is 0 Å². The van der Waals surface area contributed by atoms with Crippen LogP contribution < -0.4 is 4.74 Å². The van der Waals surface area contributed by atoms with Crippen LogP contribution in [0.15, 0.2) is 54.6 Å². The van der Waals surface area contributed by atoms with E-state index in [-0.39, 0.29) is 11.4 Å². The topological polar surface area (TPSA) is 72.7 Å². The van der Waals surface area contributed by atoms with Crippen molar-refractivity contribution in [3.05, 3.63) is 70.3 Å². The average molecular weight is 300 g/mol. The van der Waals surface area contributed by atoms with Crippen LogP contribution in [0.3, 0.4) is 0 Å². The van der Waals surface area contributed by atoms with E-state index >= 15 is 0 Å². The molecule has 0 aliphatic heterocycles. The van der Waals surface area contributed by atoms with Crippen molar-refractivity contribution < 1.29 is 14.5 Å². The summed E-state index contributed by atoms with van der Waals surface area (Å²) in [6.07, 6.45) is -0.535. The standard InChI is InChI=1S/C16H16N2O4/c1-2-17(12-13-7-4-3-5-8-13)16(19)22-15-10-6-9-14(11-15)18(20)21/h3-11H,2,12H2,1H3. The van der Waals surface area contributed by atoms with Crippen molar-refractivity contribution in [2.24, 2.45) is 0 Å². The molecule has 0 aromatic heterocycles. The largest absolute Gasteiger partial charge is 0.415 e. The van der Waals surface area contributed by atoms with Crippen molar-refractivity contribution >= 4 is 11.8 Å². The van der Waals surface area contributed by atoms with E-state index in [4.69, 9.17) is 4.74 Å². The van der Waals surface area contributed by atoms with Crippen molar-refractivity contribution in [1.29, 1.82) is 0 Å². The molecule has 2 rings (SSSR count). The van der Waals surface area contributed by atoms with Crippen molar-refractivity contribution in [2.75, 3.05) is 6.54 Å². The Labute approximate surface area is 128 Å². The number of nitro groups is 1. The lowest BCUT2D eigenvalue weighted by molar-refractivity contribution is -0.384. The predicted octanol–water partition coefficient (Wildman–Crippen LogP) is 3.62. The maximum atomic E-state index is 12.2. The summed E-state index contributed by atoms with van der Waals surface area (Å²) in [5.41, 5.74) is 0.872. The van der Waals surface area contributed by atoms with Crippen molar-refractivity contribution in [1.82, 2.24) is 4.90 Å². The minimum absolute atomic E-state index is 0.114. The second-order valence-corrected chi connectivity index (χ2v) is 4.62. The van der Waals surface area contributed by atoms with Gasteiger partial charge in [0.05, 0.1) is 11.0 Å². The highest BCUT2D eigenvalue weighted by Crippen LogP contribution is 2.20. The molecule has 0 unspecified atom stereocenters. The first-order valence-electron chi connectivity index (χ1n) is 6.85. The molecule has 0 saturated heterocycles. The lowest BCUT2D eigenvalue weighted by atomic mass is 10.2. The number of hydrogen-bond donors (Lipinski definition) is 0. The lowest BCUT2D eigenvalue weighted by Gasteiger charge is -2.20. The fraction of sp³-hybridized carbons (Fsp3) is 0.188. The molecule has 0 bridgehead atoms. The Balaban J connectivity index is 2.06. The molecule has 1 amide bonds. The number of carbonyl (C=O) groups is 1. The van der Waals surface area contributed by atoms with Crippen LogP contribution in [-0.4, -0.2) is 22.5 Å². The van der Waals surface area contributed by atoms with E-state index in [1.54, 1.807) is 0 Å². The number of amides is 1. The van der Waals surface area contributed by atoms with E-state index in [2.05, 4.69) is 0 Å². The number of nitro benzene ring substituents is 1. The number of hydrogen-bond acceptors (Lipinski definition) is 4. The molecule has 0 spiro atoms. The molecule has 0 aliphatic rings. The number of carbonyl (C=O) groups excluding carboxylic acids is 1. The first kappa shape index (κ1) is 15.5. The fourth-order valence-corrected chi connectivity index (χ4v) is 1.94. The summed E-state index contributed by atoms with van der Waals surface area (Å²) < 4.78 is 5.21. The van der Waals surface area contributed by atoms with Gasteiger partial charge in [0.25, 0.3) is 5.69 Å². The molecular weight excluding hydrogens is 284 g/mol. The van der Waals surface area contributed by atoms with Crippen LogP contribution in [0.1, 0.15) is 12.5 Å². The number of non-ortho nitro benzene ring substituents is 1. The highest BCUT2D eigenvalue weighted by Gasteiger charge is 2.16. The number of benzene rings is 2. The molecule has 114 valence electrons. The molecule has 0 fully saturated rings. The molecule has 0 atom stereocenters. The van der Waals surface area contributed by atoms with Crippen LogP contribution in [0.4, 0.5) is 10.5 Å². The van der Waals surface area contributed by atoms with Gasteiger partial charge in [-0.15, -0.1) is 0 Å². The van der Waals surface area contributed by atoms with E-state index in [1.807, 2.05) is 37.3 Å². The summed E-state index contributed by atoms with van der Waals surface area (Å²) in [5.74, 6) is 0.158. The summed E-state index contributed by atoms with van der Waals surface area (Å²) >= 11 is 0. The Morgan fingerprint density at radius 1 is 1.18 bits per heavy atom. The molecule has 0 heterocycles. The highest BCUT2D eigenvalue weighted by atomic mass is 16.6. The summed E-state index contributed by atoms with van der Waals surface area (Å²) in [7, 11) is 0. The van der Waals surface area contributed by atoms with Crippen LogP contribution >= 0.6 is 0 Å². The van der Waals surface area contributed by atoms with E-state index in [9.17, 15) is 14.9 Å². The quantitative estimate of drug-likeness (QED) is 0.624. The molecule has 2 aromatic carbocycles. The third-order valence-corrected chi connectivity index (χ3v) is 3.09. The van der Waals surface area contributed by atoms with Gasteiger partial charge in [-0.25, -0.2) is 4.79 Å². The van der Waals surface area contributed by atoms with E-state index < -0.39 is 11.0 Å². The third-order valence-electron chi connectivity index (χ3n) is 3.09. The van der Waals surface area contributed by atoms with E-state index in [0.29, 0.717) is 13.1 Å². The molecule has 2 aromatic rings. The van der Waals surface area contributed by atoms with Gasteiger partial charge in [0.1, 0.15) is 5.75 Å². The smallest absolute Gasteiger partial charge is 0.410 e. The van der Waals surface area contributed by atoms with Gasteiger partial charge < -0.3 is 9.64 Å². The molecule has 0 aliphatic carbocycles. The Hall–Kier alpha value is -2.89. The minimum atomic E-state index is -0.535. The van der Waals surface area contributed by atoms with Crippen LogP contribution in [0.5, 0.6) is 5.75 Å². The summed E-state index contributed by atoms with van der Waals surface area (Å²) in [4.78, 5) is 23.9. The van der Waals surface area contributed by atoms with Crippen molar-refractivity contribution in [3.8, 4) is 5.75 Å². The summed E-state index contributed by atoms with van der Waals surface area (Å²) in [5, 5.41) is 10.7. The maximum Gasteiger partial charge on any atom is 0.415 e. The van der Waals surface area contributed by atoms with Crippen molar-refractivity contribution in [2.45, 2.75) is 13.5 Å². The van der Waals surface area contributed by atoms with Crippen LogP contribution in [-0.2, 0) is 6.54 Å². The van der Waals surface area contributed by atoms with Gasteiger partial charge in [-0.1, -0.05) is 36.4 Å². The van der Waals surface area contributed by atoms with Crippen LogP contribution in [0, 0.1) is 10.1 Å². The summed E-state index contributed by atoms with van der Waals surface area (Å²) in [6.45, 7) is 2.74. The van der Waals surface area contributed by atoms with Crippen LogP contribution in [0.2, 0.25) is 0 Å². The Kier molecular flexibility index (Phi) is 5.08. The zero-order valence-electron chi connectivity index (χ0n) is 12.1. The number of rotatable bonds is 5. The molecule has 0 radical (unpaired) electrons. The third kappa shape index (κ3) is 4.05. The van der Waals surface area contributed by atoms with Gasteiger partial charge in [0.2, 0.25) is 0 Å². The maximum absolute atomic E-state index is 12.2. The second kappa shape index (κ2) is 7.21. The van der Waals surface area contributed by atoms with Gasteiger partial charge in [0, 0.05) is 19.2 Å². The fourth-order valence-electron chi connectivity index (χ4n) is 1.94. The van der Waals surface area contributed by atoms with Gasteiger partial charge >= 0.3 is 6.09 Å². The van der Waals surface area contributed by atoms with E-state index in [1.165, 1.54) is 29.2 Å². The molecule has 6 nitrogen and oxygen atoms in total. The minimum Gasteiger partial charge on any atom is -0.410 e. The van der Waals surface area contributed by atoms with Crippen LogP contribution in [0.25, 0.3) is 0 Å². The van der Waals surface area contributed by atoms with Gasteiger partial charge in [-0.05, 0) is 18.6 Å².